The molecule has 1 fully saturated rings. The van der Waals surface area contributed by atoms with Gasteiger partial charge in [0.2, 0.25) is 5.91 Å². The van der Waals surface area contributed by atoms with E-state index in [2.05, 4.69) is 10.3 Å². The van der Waals surface area contributed by atoms with Crippen molar-refractivity contribution in [3.05, 3.63) is 83.9 Å². The van der Waals surface area contributed by atoms with Crippen molar-refractivity contribution < 1.29 is 22.9 Å². The number of carbonyl (C=O) groups is 2. The van der Waals surface area contributed by atoms with E-state index >= 15 is 0 Å². The van der Waals surface area contributed by atoms with Crippen molar-refractivity contribution in [3.8, 4) is 11.1 Å². The Bertz CT molecular complexity index is 1200. The van der Waals surface area contributed by atoms with Crippen LogP contribution < -0.4 is 10.2 Å². The fraction of sp³-hybridized carbons (Fsp3) is 0.240. The summed E-state index contributed by atoms with van der Waals surface area (Å²) in [7, 11) is -1.10. The highest BCUT2D eigenvalue weighted by molar-refractivity contribution is 7.83. The number of hydrogen-bond donors (Lipinski definition) is 1. The minimum atomic E-state index is -1.10. The highest BCUT2D eigenvalue weighted by Gasteiger charge is 2.32. The van der Waals surface area contributed by atoms with Gasteiger partial charge < -0.3 is 10.1 Å². The molecule has 1 aromatic heterocycles. The Hall–Kier alpha value is -3.59. The van der Waals surface area contributed by atoms with Gasteiger partial charge in [-0.2, -0.15) is 0 Å². The number of pyridine rings is 1. The van der Waals surface area contributed by atoms with E-state index in [0.717, 1.165) is 11.3 Å². The van der Waals surface area contributed by atoms with Crippen LogP contribution in [0.3, 0.4) is 0 Å². The van der Waals surface area contributed by atoms with Gasteiger partial charge >= 0.3 is 6.09 Å². The van der Waals surface area contributed by atoms with E-state index in [1.165, 1.54) is 17.9 Å². The normalized spacial score (nSPS) is 16.2. The highest BCUT2D eigenvalue weighted by Crippen LogP contribution is 2.29. The molecule has 34 heavy (non-hydrogen) atoms. The first-order valence-electron chi connectivity index (χ1n) is 10.8. The maximum absolute atomic E-state index is 14.9. The summed E-state index contributed by atoms with van der Waals surface area (Å²) in [6.45, 7) is 1.82. The summed E-state index contributed by atoms with van der Waals surface area (Å²) in [5, 5.41) is 2.61. The number of rotatable bonds is 8. The van der Waals surface area contributed by atoms with Crippen LogP contribution in [0, 0.1) is 5.82 Å². The molecular formula is C25H24FN3O4S. The van der Waals surface area contributed by atoms with Gasteiger partial charge in [-0.3, -0.25) is 18.9 Å². The van der Waals surface area contributed by atoms with Crippen LogP contribution in [0.25, 0.3) is 11.1 Å². The Labute approximate surface area is 199 Å². The predicted octanol–water partition coefficient (Wildman–Crippen LogP) is 3.80. The van der Waals surface area contributed by atoms with Gasteiger partial charge in [0.25, 0.3) is 0 Å². The van der Waals surface area contributed by atoms with Crippen LogP contribution in [0.4, 0.5) is 14.9 Å². The SMILES string of the molecule is CC(=O)NCC1CN(c2ccc(-c3ccc(CS(=O)Cc4ccccn4)cc3)c(F)c2)C(=O)O1. The van der Waals surface area contributed by atoms with Crippen molar-refractivity contribution in [2.24, 2.45) is 0 Å². The van der Waals surface area contributed by atoms with Crippen LogP contribution >= 0.6 is 0 Å². The standard InChI is InChI=1S/C25H24FN3O4S/c1-17(30)28-13-22-14-29(25(31)33-22)21-9-10-23(24(26)12-21)19-7-5-18(6-8-19)15-34(32)16-20-4-2-3-11-27-20/h2-12,22H,13-16H2,1H3,(H,28,30). The molecule has 0 radical (unpaired) electrons. The average Bonchev–Trinajstić information content (AvgIpc) is 3.19. The molecule has 0 bridgehead atoms. The highest BCUT2D eigenvalue weighted by atomic mass is 32.2. The van der Waals surface area contributed by atoms with E-state index in [1.807, 2.05) is 30.3 Å². The third-order valence-electron chi connectivity index (χ3n) is 5.34. The molecule has 1 N–H and O–H groups in total. The van der Waals surface area contributed by atoms with Crippen LogP contribution in [-0.4, -0.2) is 40.4 Å². The van der Waals surface area contributed by atoms with E-state index in [0.29, 0.717) is 28.3 Å². The molecule has 2 aromatic carbocycles. The lowest BCUT2D eigenvalue weighted by Gasteiger charge is -2.14. The largest absolute Gasteiger partial charge is 0.442 e. The second-order valence-electron chi connectivity index (χ2n) is 7.96. The zero-order chi connectivity index (χ0) is 24.1. The number of hydrogen-bond acceptors (Lipinski definition) is 5. The number of nitrogens with zero attached hydrogens (tertiary/aromatic N) is 2. The quantitative estimate of drug-likeness (QED) is 0.529. The number of anilines is 1. The molecule has 2 unspecified atom stereocenters. The summed E-state index contributed by atoms with van der Waals surface area (Å²) in [5.74, 6) is 0.0793. The van der Waals surface area contributed by atoms with Crippen LogP contribution in [0.2, 0.25) is 0 Å². The van der Waals surface area contributed by atoms with Gasteiger partial charge in [0, 0.05) is 35.2 Å². The first kappa shape index (κ1) is 23.6. The van der Waals surface area contributed by atoms with Crippen LogP contribution in [-0.2, 0) is 31.8 Å². The monoisotopic (exact) mass is 481 g/mol. The van der Waals surface area contributed by atoms with E-state index in [1.54, 1.807) is 30.5 Å². The maximum Gasteiger partial charge on any atom is 0.414 e. The van der Waals surface area contributed by atoms with E-state index in [-0.39, 0.29) is 19.0 Å². The van der Waals surface area contributed by atoms with Gasteiger partial charge in [-0.1, -0.05) is 30.3 Å². The third kappa shape index (κ3) is 5.85. The molecule has 0 aliphatic carbocycles. The number of benzene rings is 2. The van der Waals surface area contributed by atoms with Crippen LogP contribution in [0.15, 0.2) is 66.9 Å². The molecule has 176 valence electrons. The minimum Gasteiger partial charge on any atom is -0.442 e. The number of cyclic esters (lactones) is 1. The van der Waals surface area contributed by atoms with Crippen LogP contribution in [0.1, 0.15) is 18.2 Å². The third-order valence-corrected chi connectivity index (χ3v) is 6.62. The Morgan fingerprint density at radius 3 is 2.65 bits per heavy atom. The number of carbonyl (C=O) groups excluding carboxylic acids is 2. The fourth-order valence-electron chi connectivity index (χ4n) is 3.67. The van der Waals surface area contributed by atoms with Crippen LogP contribution in [0.5, 0.6) is 0 Å². The fourth-order valence-corrected chi connectivity index (χ4v) is 4.84. The minimum absolute atomic E-state index is 0.205. The summed E-state index contributed by atoms with van der Waals surface area (Å²) in [4.78, 5) is 28.8. The first-order chi connectivity index (χ1) is 16.4. The summed E-state index contributed by atoms with van der Waals surface area (Å²) in [6.07, 6.45) is 0.610. The molecule has 0 spiro atoms. The number of halogens is 1. The molecule has 1 saturated heterocycles. The van der Waals surface area contributed by atoms with Gasteiger partial charge in [-0.15, -0.1) is 0 Å². The lowest BCUT2D eigenvalue weighted by molar-refractivity contribution is -0.119. The Balaban J connectivity index is 1.40. The molecule has 7 nitrogen and oxygen atoms in total. The van der Waals surface area contributed by atoms with E-state index in [4.69, 9.17) is 4.74 Å². The van der Waals surface area contributed by atoms with Gasteiger partial charge in [-0.05, 0) is 41.5 Å². The predicted molar refractivity (Wildman–Crippen MR) is 128 cm³/mol. The van der Waals surface area contributed by atoms with E-state index < -0.39 is 28.8 Å². The van der Waals surface area contributed by atoms with Crippen molar-refractivity contribution in [2.45, 2.75) is 24.5 Å². The zero-order valence-electron chi connectivity index (χ0n) is 18.6. The average molecular weight is 482 g/mol. The number of aromatic nitrogens is 1. The molecule has 1 aliphatic heterocycles. The second kappa shape index (κ2) is 10.6. The molecule has 0 saturated carbocycles. The Kier molecular flexibility index (Phi) is 7.32. The number of amides is 2. The molecule has 9 heteroatoms. The molecular weight excluding hydrogens is 457 g/mol. The molecule has 2 heterocycles. The number of ether oxygens (including phenoxy) is 1. The summed E-state index contributed by atoms with van der Waals surface area (Å²) < 4.78 is 32.6. The summed E-state index contributed by atoms with van der Waals surface area (Å²) in [5.41, 5.74) is 3.13. The number of nitrogens with one attached hydrogen (secondary N) is 1. The summed E-state index contributed by atoms with van der Waals surface area (Å²) >= 11 is 0. The van der Waals surface area contributed by atoms with Gasteiger partial charge in [-0.25, -0.2) is 9.18 Å². The van der Waals surface area contributed by atoms with Gasteiger partial charge in [0.05, 0.1) is 30.2 Å². The lowest BCUT2D eigenvalue weighted by atomic mass is 10.0. The van der Waals surface area contributed by atoms with E-state index in [9.17, 15) is 18.2 Å². The van der Waals surface area contributed by atoms with Crippen molar-refractivity contribution in [3.63, 3.8) is 0 Å². The van der Waals surface area contributed by atoms with Crippen molar-refractivity contribution in [1.82, 2.24) is 10.3 Å². The zero-order valence-corrected chi connectivity index (χ0v) is 19.4. The van der Waals surface area contributed by atoms with Crippen molar-refractivity contribution in [1.29, 1.82) is 0 Å². The van der Waals surface area contributed by atoms with Crippen molar-refractivity contribution in [2.75, 3.05) is 18.0 Å². The van der Waals surface area contributed by atoms with Gasteiger partial charge in [0.1, 0.15) is 11.9 Å². The molecule has 4 rings (SSSR count). The molecule has 2 amide bonds. The maximum atomic E-state index is 14.9. The van der Waals surface area contributed by atoms with Gasteiger partial charge in [0.15, 0.2) is 0 Å². The molecule has 3 aromatic rings. The topological polar surface area (TPSA) is 88.6 Å². The lowest BCUT2D eigenvalue weighted by Crippen LogP contribution is -2.33. The molecule has 2 atom stereocenters. The molecule has 1 aliphatic rings. The summed E-state index contributed by atoms with van der Waals surface area (Å²) in [6, 6.07) is 17.4. The Morgan fingerprint density at radius 1 is 1.18 bits per heavy atom. The second-order valence-corrected chi connectivity index (χ2v) is 9.42. The smallest absolute Gasteiger partial charge is 0.414 e. The van der Waals surface area contributed by atoms with Crippen molar-refractivity contribution >= 4 is 28.5 Å². The Morgan fingerprint density at radius 2 is 1.97 bits per heavy atom. The first-order valence-corrected chi connectivity index (χ1v) is 12.2.